The number of hydrogen-bond donors (Lipinski definition) is 1. The van der Waals surface area contributed by atoms with Crippen LogP contribution in [0.5, 0.6) is 5.75 Å². The minimum absolute atomic E-state index is 0.364. The van der Waals surface area contributed by atoms with Gasteiger partial charge < -0.3 is 14.8 Å². The van der Waals surface area contributed by atoms with Gasteiger partial charge in [0.05, 0.1) is 17.7 Å². The molecule has 1 spiro atoms. The van der Waals surface area contributed by atoms with Crippen LogP contribution in [0.3, 0.4) is 0 Å². The van der Waals surface area contributed by atoms with Gasteiger partial charge in [-0.3, -0.25) is 0 Å². The second kappa shape index (κ2) is 6.17. The lowest BCUT2D eigenvalue weighted by Gasteiger charge is -2.54. The normalized spacial score (nSPS) is 26.6. The van der Waals surface area contributed by atoms with Gasteiger partial charge in [0.2, 0.25) is 0 Å². The van der Waals surface area contributed by atoms with E-state index in [2.05, 4.69) is 40.3 Å². The van der Waals surface area contributed by atoms with Crippen LogP contribution < -0.4 is 10.1 Å². The summed E-state index contributed by atoms with van der Waals surface area (Å²) >= 11 is 3.56. The van der Waals surface area contributed by atoms with Crippen LogP contribution in [-0.4, -0.2) is 25.9 Å². The number of rotatable bonds is 5. The number of halogens is 1. The molecule has 2 unspecified atom stereocenters. The average Bonchev–Trinajstić information content (AvgIpc) is 2.99. The summed E-state index contributed by atoms with van der Waals surface area (Å²) in [4.78, 5) is 0. The highest BCUT2D eigenvalue weighted by Gasteiger charge is 2.56. The van der Waals surface area contributed by atoms with Gasteiger partial charge in [0, 0.05) is 23.8 Å². The summed E-state index contributed by atoms with van der Waals surface area (Å²) in [6, 6.07) is 6.75. The summed E-state index contributed by atoms with van der Waals surface area (Å²) in [5.74, 6) is 0.872. The summed E-state index contributed by atoms with van der Waals surface area (Å²) in [6.07, 6.45) is 6.85. The van der Waals surface area contributed by atoms with E-state index >= 15 is 0 Å². The largest absolute Gasteiger partial charge is 0.496 e. The van der Waals surface area contributed by atoms with Crippen LogP contribution in [0.1, 0.15) is 39.0 Å². The zero-order valence-corrected chi connectivity index (χ0v) is 14.4. The van der Waals surface area contributed by atoms with E-state index in [1.165, 1.54) is 25.7 Å². The molecule has 0 bridgehead atoms. The molecule has 0 aromatic heterocycles. The summed E-state index contributed by atoms with van der Waals surface area (Å²) < 4.78 is 12.3. The molecule has 1 aromatic carbocycles. The lowest BCUT2D eigenvalue weighted by atomic mass is 9.60. The molecule has 0 amide bonds. The second-order valence-corrected chi connectivity index (χ2v) is 7.02. The molecule has 0 aliphatic heterocycles. The molecule has 1 N–H and O–H groups in total. The number of hydrogen-bond acceptors (Lipinski definition) is 3. The summed E-state index contributed by atoms with van der Waals surface area (Å²) in [7, 11) is 1.69. The minimum Gasteiger partial charge on any atom is -0.496 e. The van der Waals surface area contributed by atoms with Crippen molar-refractivity contribution in [3.63, 3.8) is 0 Å². The van der Waals surface area contributed by atoms with Crippen molar-refractivity contribution in [1.29, 1.82) is 0 Å². The predicted octanol–water partition coefficient (Wildman–Crippen LogP) is 4.61. The molecule has 2 atom stereocenters. The highest BCUT2D eigenvalue weighted by atomic mass is 79.9. The number of nitrogens with one attached hydrogen (secondary N) is 1. The average molecular weight is 354 g/mol. The lowest BCUT2D eigenvalue weighted by Crippen LogP contribution is -2.60. The van der Waals surface area contributed by atoms with Gasteiger partial charge in [-0.05, 0) is 60.3 Å². The summed E-state index contributed by atoms with van der Waals surface area (Å²) in [5, 5.41) is 3.73. The first-order valence-electron chi connectivity index (χ1n) is 7.91. The molecule has 4 heteroatoms. The zero-order valence-electron chi connectivity index (χ0n) is 12.8. The van der Waals surface area contributed by atoms with Gasteiger partial charge in [-0.1, -0.05) is 12.8 Å². The number of anilines is 1. The Morgan fingerprint density at radius 1 is 1.33 bits per heavy atom. The van der Waals surface area contributed by atoms with E-state index in [-0.39, 0.29) is 0 Å². The van der Waals surface area contributed by atoms with E-state index in [0.29, 0.717) is 17.6 Å². The van der Waals surface area contributed by atoms with Crippen LogP contribution in [-0.2, 0) is 4.74 Å². The van der Waals surface area contributed by atoms with E-state index in [4.69, 9.17) is 9.47 Å². The Morgan fingerprint density at radius 2 is 2.10 bits per heavy atom. The molecule has 3 nitrogen and oxygen atoms in total. The van der Waals surface area contributed by atoms with Gasteiger partial charge in [0.1, 0.15) is 5.75 Å². The molecule has 0 saturated heterocycles. The van der Waals surface area contributed by atoms with E-state index in [0.717, 1.165) is 28.9 Å². The van der Waals surface area contributed by atoms with Crippen molar-refractivity contribution in [2.24, 2.45) is 5.41 Å². The summed E-state index contributed by atoms with van der Waals surface area (Å²) in [6.45, 7) is 2.93. The molecule has 0 radical (unpaired) electrons. The molecule has 1 aromatic rings. The van der Waals surface area contributed by atoms with Gasteiger partial charge in [-0.2, -0.15) is 0 Å². The smallest absolute Gasteiger partial charge is 0.133 e. The topological polar surface area (TPSA) is 30.5 Å². The quantitative estimate of drug-likeness (QED) is 0.838. The summed E-state index contributed by atoms with van der Waals surface area (Å²) in [5.41, 5.74) is 1.52. The van der Waals surface area contributed by atoms with Crippen molar-refractivity contribution < 1.29 is 9.47 Å². The van der Waals surface area contributed by atoms with E-state index in [1.54, 1.807) is 7.11 Å². The number of benzene rings is 1. The molecule has 2 fully saturated rings. The third kappa shape index (κ3) is 2.68. The fraction of sp³-hybridized carbons (Fsp3) is 0.647. The van der Waals surface area contributed by atoms with Crippen molar-refractivity contribution in [3.8, 4) is 5.75 Å². The maximum atomic E-state index is 5.97. The standard InChI is InChI=1S/C17H24BrNO2/c1-3-21-16-11-15(17(16)8-4-5-9-17)19-12-6-7-14(20-2)13(18)10-12/h6-7,10,15-16,19H,3-5,8-9,11H2,1-2H3. The van der Waals surface area contributed by atoms with Gasteiger partial charge >= 0.3 is 0 Å². The van der Waals surface area contributed by atoms with Crippen LogP contribution in [0.2, 0.25) is 0 Å². The fourth-order valence-electron chi connectivity index (χ4n) is 4.05. The lowest BCUT2D eigenvalue weighted by molar-refractivity contribution is -0.114. The fourth-order valence-corrected chi connectivity index (χ4v) is 4.59. The molecular formula is C17H24BrNO2. The Kier molecular flexibility index (Phi) is 4.46. The predicted molar refractivity (Wildman–Crippen MR) is 89.0 cm³/mol. The monoisotopic (exact) mass is 353 g/mol. The van der Waals surface area contributed by atoms with Crippen molar-refractivity contribution in [1.82, 2.24) is 0 Å². The number of ether oxygens (including phenoxy) is 2. The Bertz CT molecular complexity index is 500. The van der Waals surface area contributed by atoms with E-state index < -0.39 is 0 Å². The Morgan fingerprint density at radius 3 is 2.71 bits per heavy atom. The zero-order chi connectivity index (χ0) is 14.9. The Balaban J connectivity index is 1.72. The van der Waals surface area contributed by atoms with Crippen molar-refractivity contribution in [2.45, 2.75) is 51.2 Å². The molecule has 116 valence electrons. The first kappa shape index (κ1) is 15.2. The van der Waals surface area contributed by atoms with Crippen molar-refractivity contribution in [3.05, 3.63) is 22.7 Å². The van der Waals surface area contributed by atoms with E-state index in [9.17, 15) is 0 Å². The maximum Gasteiger partial charge on any atom is 0.133 e. The van der Waals surface area contributed by atoms with Crippen LogP contribution in [0.15, 0.2) is 22.7 Å². The van der Waals surface area contributed by atoms with Gasteiger partial charge in [0.15, 0.2) is 0 Å². The van der Waals surface area contributed by atoms with E-state index in [1.807, 2.05) is 6.07 Å². The van der Waals surface area contributed by atoms with Crippen molar-refractivity contribution >= 4 is 21.6 Å². The van der Waals surface area contributed by atoms with Crippen LogP contribution in [0.4, 0.5) is 5.69 Å². The Labute approximate surface area is 135 Å². The molecule has 2 saturated carbocycles. The maximum absolute atomic E-state index is 5.97. The molecule has 2 aliphatic rings. The molecule has 21 heavy (non-hydrogen) atoms. The number of methoxy groups -OCH3 is 1. The van der Waals surface area contributed by atoms with Crippen LogP contribution >= 0.6 is 15.9 Å². The van der Waals surface area contributed by atoms with Gasteiger partial charge in [0.25, 0.3) is 0 Å². The highest BCUT2D eigenvalue weighted by molar-refractivity contribution is 9.10. The minimum atomic E-state index is 0.364. The van der Waals surface area contributed by atoms with Gasteiger partial charge in [-0.15, -0.1) is 0 Å². The first-order chi connectivity index (χ1) is 10.2. The van der Waals surface area contributed by atoms with Gasteiger partial charge in [-0.25, -0.2) is 0 Å². The highest BCUT2D eigenvalue weighted by Crippen LogP contribution is 2.55. The molecule has 2 aliphatic carbocycles. The third-order valence-corrected chi connectivity index (χ3v) is 5.80. The van der Waals surface area contributed by atoms with Crippen LogP contribution in [0, 0.1) is 5.41 Å². The second-order valence-electron chi connectivity index (χ2n) is 6.17. The molecule has 3 rings (SSSR count). The van der Waals surface area contributed by atoms with Crippen molar-refractivity contribution in [2.75, 3.05) is 19.0 Å². The third-order valence-electron chi connectivity index (χ3n) is 5.18. The first-order valence-corrected chi connectivity index (χ1v) is 8.70. The molecule has 0 heterocycles. The van der Waals surface area contributed by atoms with Crippen LogP contribution in [0.25, 0.3) is 0 Å². The molecular weight excluding hydrogens is 330 g/mol. The SMILES string of the molecule is CCOC1CC(Nc2ccc(OC)c(Br)c2)C12CCCC2. The Hall–Kier alpha value is -0.740.